The van der Waals surface area contributed by atoms with Crippen LogP contribution >= 0.6 is 0 Å². The molecular formula is C20H24N2O. The van der Waals surface area contributed by atoms with Gasteiger partial charge in [-0.25, -0.2) is 0 Å². The number of likely N-dealkylation sites (tertiary alicyclic amines) is 1. The first-order valence-corrected chi connectivity index (χ1v) is 8.47. The van der Waals surface area contributed by atoms with Crippen LogP contribution in [0.3, 0.4) is 0 Å². The summed E-state index contributed by atoms with van der Waals surface area (Å²) >= 11 is 0. The van der Waals surface area contributed by atoms with Crippen LogP contribution in [-0.4, -0.2) is 28.9 Å². The van der Waals surface area contributed by atoms with Crippen molar-refractivity contribution in [2.45, 2.75) is 32.1 Å². The molecule has 0 saturated carbocycles. The molecule has 3 nitrogen and oxygen atoms in total. The number of hydrogen-bond donors (Lipinski definition) is 0. The van der Waals surface area contributed by atoms with Crippen LogP contribution in [0.1, 0.15) is 36.9 Å². The van der Waals surface area contributed by atoms with Crippen LogP contribution in [0.2, 0.25) is 0 Å². The molecule has 1 aliphatic heterocycles. The molecule has 2 aromatic rings. The lowest BCUT2D eigenvalue weighted by molar-refractivity contribution is -0.134. The first-order chi connectivity index (χ1) is 11.2. The van der Waals surface area contributed by atoms with Gasteiger partial charge in [-0.2, -0.15) is 0 Å². The van der Waals surface area contributed by atoms with Gasteiger partial charge in [0, 0.05) is 31.4 Å². The summed E-state index contributed by atoms with van der Waals surface area (Å²) in [6.45, 7) is 4.03. The smallest absolute Gasteiger partial charge is 0.230 e. The molecule has 1 aromatic heterocycles. The number of hydrogen-bond acceptors (Lipinski definition) is 2. The normalized spacial score (nSPS) is 17.0. The van der Waals surface area contributed by atoms with Gasteiger partial charge in [0.25, 0.3) is 0 Å². The van der Waals surface area contributed by atoms with E-state index < -0.39 is 0 Å². The quantitative estimate of drug-likeness (QED) is 0.863. The number of amides is 1. The predicted molar refractivity (Wildman–Crippen MR) is 92.1 cm³/mol. The highest BCUT2D eigenvalue weighted by Gasteiger charge is 2.28. The Balaban J connectivity index is 1.81. The second kappa shape index (κ2) is 7.40. The Bertz CT molecular complexity index is 619. The average Bonchev–Trinajstić information content (AvgIpc) is 2.61. The third-order valence-corrected chi connectivity index (χ3v) is 4.73. The summed E-state index contributed by atoms with van der Waals surface area (Å²) in [6.07, 6.45) is 4.67. The van der Waals surface area contributed by atoms with Crippen molar-refractivity contribution in [2.75, 3.05) is 13.1 Å². The summed E-state index contributed by atoms with van der Waals surface area (Å²) in [5.41, 5.74) is 2.06. The fourth-order valence-corrected chi connectivity index (χ4v) is 3.21. The van der Waals surface area contributed by atoms with E-state index in [9.17, 15) is 4.79 Å². The van der Waals surface area contributed by atoms with Gasteiger partial charge < -0.3 is 4.90 Å². The monoisotopic (exact) mass is 308 g/mol. The van der Waals surface area contributed by atoms with Gasteiger partial charge in [0.1, 0.15) is 0 Å². The van der Waals surface area contributed by atoms with Crippen molar-refractivity contribution in [2.24, 2.45) is 5.92 Å². The molecule has 3 rings (SSSR count). The lowest BCUT2D eigenvalue weighted by atomic mass is 9.90. The first kappa shape index (κ1) is 15.7. The van der Waals surface area contributed by atoms with E-state index in [2.05, 4.69) is 24.0 Å². The molecule has 0 aliphatic carbocycles. The van der Waals surface area contributed by atoms with Gasteiger partial charge in [0.15, 0.2) is 0 Å². The van der Waals surface area contributed by atoms with Crippen LogP contribution in [0.15, 0.2) is 54.7 Å². The van der Waals surface area contributed by atoms with Gasteiger partial charge in [-0.05, 0) is 36.5 Å². The lowest BCUT2D eigenvalue weighted by Gasteiger charge is -2.33. The maximum atomic E-state index is 13.1. The Morgan fingerprint density at radius 3 is 2.48 bits per heavy atom. The average molecular weight is 308 g/mol. The zero-order valence-corrected chi connectivity index (χ0v) is 13.7. The number of rotatable bonds is 4. The number of pyridine rings is 1. The van der Waals surface area contributed by atoms with Crippen molar-refractivity contribution >= 4 is 5.91 Å². The fraction of sp³-hybridized carbons (Fsp3) is 0.400. The second-order valence-corrected chi connectivity index (χ2v) is 6.50. The standard InChI is InChI=1S/C20H24N2O/c1-16-10-13-22(14-11-16)20(23)19(17-7-3-2-4-8-17)15-18-9-5-6-12-21-18/h2-9,12,16,19H,10-11,13-15H2,1H3. The molecule has 1 saturated heterocycles. The van der Waals surface area contributed by atoms with Gasteiger partial charge >= 0.3 is 0 Å². The number of carbonyl (C=O) groups excluding carboxylic acids is 1. The minimum absolute atomic E-state index is 0.139. The van der Waals surface area contributed by atoms with Crippen LogP contribution in [0.5, 0.6) is 0 Å². The molecule has 1 aromatic carbocycles. The molecule has 1 aliphatic rings. The Morgan fingerprint density at radius 1 is 1.13 bits per heavy atom. The van der Waals surface area contributed by atoms with Gasteiger partial charge in [-0.15, -0.1) is 0 Å². The molecule has 0 spiro atoms. The Hall–Kier alpha value is -2.16. The Morgan fingerprint density at radius 2 is 1.83 bits per heavy atom. The molecular weight excluding hydrogens is 284 g/mol. The van der Waals surface area contributed by atoms with Gasteiger partial charge in [0.2, 0.25) is 5.91 Å². The highest BCUT2D eigenvalue weighted by atomic mass is 16.2. The van der Waals surface area contributed by atoms with Gasteiger partial charge in [0.05, 0.1) is 5.92 Å². The van der Waals surface area contributed by atoms with E-state index in [0.29, 0.717) is 6.42 Å². The van der Waals surface area contributed by atoms with Crippen LogP contribution in [0.4, 0.5) is 0 Å². The molecule has 0 N–H and O–H groups in total. The van der Waals surface area contributed by atoms with E-state index in [1.807, 2.05) is 41.3 Å². The van der Waals surface area contributed by atoms with E-state index >= 15 is 0 Å². The number of carbonyl (C=O) groups is 1. The fourth-order valence-electron chi connectivity index (χ4n) is 3.21. The third-order valence-electron chi connectivity index (χ3n) is 4.73. The molecule has 0 bridgehead atoms. The highest BCUT2D eigenvalue weighted by Crippen LogP contribution is 2.25. The minimum Gasteiger partial charge on any atom is -0.342 e. The van der Waals surface area contributed by atoms with E-state index in [-0.39, 0.29) is 11.8 Å². The number of benzene rings is 1. The van der Waals surface area contributed by atoms with Crippen molar-refractivity contribution in [1.82, 2.24) is 9.88 Å². The SMILES string of the molecule is CC1CCN(C(=O)C(Cc2ccccn2)c2ccccc2)CC1. The Kier molecular flexibility index (Phi) is 5.06. The molecule has 1 unspecified atom stereocenters. The molecule has 23 heavy (non-hydrogen) atoms. The van der Waals surface area contributed by atoms with Gasteiger partial charge in [-0.3, -0.25) is 9.78 Å². The van der Waals surface area contributed by atoms with Crippen molar-refractivity contribution in [3.63, 3.8) is 0 Å². The molecule has 1 atom stereocenters. The Labute approximate surface area is 138 Å². The van der Waals surface area contributed by atoms with Crippen molar-refractivity contribution in [3.05, 3.63) is 66.0 Å². The lowest BCUT2D eigenvalue weighted by Crippen LogP contribution is -2.41. The highest BCUT2D eigenvalue weighted by molar-refractivity contribution is 5.84. The minimum atomic E-state index is -0.139. The summed E-state index contributed by atoms with van der Waals surface area (Å²) in [6, 6.07) is 16.0. The molecule has 2 heterocycles. The topological polar surface area (TPSA) is 33.2 Å². The molecule has 3 heteroatoms. The zero-order valence-electron chi connectivity index (χ0n) is 13.7. The van der Waals surface area contributed by atoms with Crippen LogP contribution in [0, 0.1) is 5.92 Å². The van der Waals surface area contributed by atoms with Crippen LogP contribution in [-0.2, 0) is 11.2 Å². The van der Waals surface area contributed by atoms with E-state index in [1.165, 1.54) is 0 Å². The zero-order chi connectivity index (χ0) is 16.1. The van der Waals surface area contributed by atoms with Crippen molar-refractivity contribution < 1.29 is 4.79 Å². The number of nitrogens with zero attached hydrogens (tertiary/aromatic N) is 2. The van der Waals surface area contributed by atoms with E-state index in [4.69, 9.17) is 0 Å². The third kappa shape index (κ3) is 3.98. The maximum Gasteiger partial charge on any atom is 0.230 e. The summed E-state index contributed by atoms with van der Waals surface area (Å²) in [4.78, 5) is 19.6. The van der Waals surface area contributed by atoms with Crippen molar-refractivity contribution in [1.29, 1.82) is 0 Å². The maximum absolute atomic E-state index is 13.1. The van der Waals surface area contributed by atoms with Crippen molar-refractivity contribution in [3.8, 4) is 0 Å². The number of piperidine rings is 1. The molecule has 0 radical (unpaired) electrons. The van der Waals surface area contributed by atoms with Crippen LogP contribution < -0.4 is 0 Å². The van der Waals surface area contributed by atoms with E-state index in [0.717, 1.165) is 43.1 Å². The second-order valence-electron chi connectivity index (χ2n) is 6.50. The number of aromatic nitrogens is 1. The summed E-state index contributed by atoms with van der Waals surface area (Å²) in [5.74, 6) is 0.832. The first-order valence-electron chi connectivity index (χ1n) is 8.47. The van der Waals surface area contributed by atoms with Crippen LogP contribution in [0.25, 0.3) is 0 Å². The summed E-state index contributed by atoms with van der Waals surface area (Å²) < 4.78 is 0. The molecule has 1 fully saturated rings. The molecule has 1 amide bonds. The largest absolute Gasteiger partial charge is 0.342 e. The molecule has 120 valence electrons. The summed E-state index contributed by atoms with van der Waals surface area (Å²) in [7, 11) is 0. The summed E-state index contributed by atoms with van der Waals surface area (Å²) in [5, 5.41) is 0. The van der Waals surface area contributed by atoms with Gasteiger partial charge in [-0.1, -0.05) is 43.3 Å². The van der Waals surface area contributed by atoms with E-state index in [1.54, 1.807) is 6.20 Å². The predicted octanol–water partition coefficient (Wildman–Crippen LogP) is 3.67.